The SMILES string of the molecule is O=C(CSc1nnc(-c2ccccc2)n1Cc1ccc2c(c1)OCO2)Nc1ccc2c(c1)OCO2. The van der Waals surface area contributed by atoms with Crippen LogP contribution >= 0.6 is 11.8 Å². The van der Waals surface area contributed by atoms with Crippen molar-refractivity contribution >= 4 is 23.4 Å². The second-order valence-corrected chi connectivity index (χ2v) is 8.79. The lowest BCUT2D eigenvalue weighted by molar-refractivity contribution is -0.113. The van der Waals surface area contributed by atoms with Crippen LogP contribution in [0.4, 0.5) is 5.69 Å². The van der Waals surface area contributed by atoms with Gasteiger partial charge in [0.1, 0.15) is 0 Å². The Bertz CT molecular complexity index is 1390. The number of amides is 1. The molecule has 0 unspecified atom stereocenters. The monoisotopic (exact) mass is 488 g/mol. The zero-order chi connectivity index (χ0) is 23.6. The number of carbonyl (C=O) groups is 1. The zero-order valence-electron chi connectivity index (χ0n) is 18.5. The molecule has 2 aliphatic heterocycles. The summed E-state index contributed by atoms with van der Waals surface area (Å²) < 4.78 is 23.7. The largest absolute Gasteiger partial charge is 0.454 e. The summed E-state index contributed by atoms with van der Waals surface area (Å²) in [6, 6.07) is 21.0. The number of ether oxygens (including phenoxy) is 4. The molecule has 4 aromatic rings. The van der Waals surface area contributed by atoms with E-state index in [0.29, 0.717) is 34.6 Å². The van der Waals surface area contributed by atoms with Crippen molar-refractivity contribution in [3.05, 3.63) is 72.3 Å². The van der Waals surface area contributed by atoms with Crippen LogP contribution in [0.1, 0.15) is 5.56 Å². The molecule has 176 valence electrons. The highest BCUT2D eigenvalue weighted by Gasteiger charge is 2.19. The van der Waals surface area contributed by atoms with Crippen molar-refractivity contribution in [2.75, 3.05) is 24.7 Å². The molecule has 0 aliphatic carbocycles. The molecule has 1 aromatic heterocycles. The van der Waals surface area contributed by atoms with Crippen molar-refractivity contribution in [1.29, 1.82) is 0 Å². The quantitative estimate of drug-likeness (QED) is 0.387. The summed E-state index contributed by atoms with van der Waals surface area (Å²) in [5.41, 5.74) is 2.60. The Balaban J connectivity index is 1.21. The molecule has 0 atom stereocenters. The molecule has 3 aromatic carbocycles. The number of anilines is 1. The number of aromatic nitrogens is 3. The highest BCUT2D eigenvalue weighted by molar-refractivity contribution is 7.99. The normalized spacial score (nSPS) is 13.1. The topological polar surface area (TPSA) is 96.7 Å². The van der Waals surface area contributed by atoms with Crippen LogP contribution in [-0.2, 0) is 11.3 Å². The number of hydrogen-bond donors (Lipinski definition) is 1. The second-order valence-electron chi connectivity index (χ2n) is 7.85. The first-order valence-corrected chi connectivity index (χ1v) is 11.9. The van der Waals surface area contributed by atoms with E-state index in [9.17, 15) is 4.79 Å². The fourth-order valence-corrected chi connectivity index (χ4v) is 4.60. The molecule has 0 radical (unpaired) electrons. The molecular formula is C25H20N4O5S. The maximum atomic E-state index is 12.7. The average molecular weight is 489 g/mol. The molecule has 10 heteroatoms. The minimum atomic E-state index is -0.159. The van der Waals surface area contributed by atoms with Crippen molar-refractivity contribution in [2.24, 2.45) is 0 Å². The number of rotatable bonds is 7. The fraction of sp³-hybridized carbons (Fsp3) is 0.160. The van der Waals surface area contributed by atoms with E-state index in [0.717, 1.165) is 22.7 Å². The van der Waals surface area contributed by atoms with Gasteiger partial charge in [0.2, 0.25) is 19.5 Å². The van der Waals surface area contributed by atoms with E-state index in [1.807, 2.05) is 53.1 Å². The molecule has 0 spiro atoms. The van der Waals surface area contributed by atoms with E-state index >= 15 is 0 Å². The Morgan fingerprint density at radius 1 is 0.857 bits per heavy atom. The van der Waals surface area contributed by atoms with Crippen molar-refractivity contribution < 1.29 is 23.7 Å². The van der Waals surface area contributed by atoms with E-state index in [2.05, 4.69) is 15.5 Å². The van der Waals surface area contributed by atoms with Gasteiger partial charge < -0.3 is 24.3 Å². The lowest BCUT2D eigenvalue weighted by Crippen LogP contribution is -2.14. The highest BCUT2D eigenvalue weighted by atomic mass is 32.2. The first-order valence-electron chi connectivity index (χ1n) is 10.9. The van der Waals surface area contributed by atoms with Crippen LogP contribution in [0.25, 0.3) is 11.4 Å². The summed E-state index contributed by atoms with van der Waals surface area (Å²) in [6.45, 7) is 0.922. The van der Waals surface area contributed by atoms with Crippen LogP contribution in [0, 0.1) is 0 Å². The molecule has 2 aliphatic rings. The van der Waals surface area contributed by atoms with E-state index < -0.39 is 0 Å². The smallest absolute Gasteiger partial charge is 0.234 e. The Morgan fingerprint density at radius 3 is 2.37 bits per heavy atom. The lowest BCUT2D eigenvalue weighted by atomic mass is 10.2. The number of hydrogen-bond acceptors (Lipinski definition) is 8. The summed E-state index contributed by atoms with van der Waals surface area (Å²) in [6.07, 6.45) is 0. The van der Waals surface area contributed by atoms with Crippen LogP contribution in [0.5, 0.6) is 23.0 Å². The van der Waals surface area contributed by atoms with Crippen LogP contribution in [0.15, 0.2) is 71.9 Å². The minimum Gasteiger partial charge on any atom is -0.454 e. The molecule has 9 nitrogen and oxygen atoms in total. The first-order chi connectivity index (χ1) is 17.2. The Kier molecular flexibility index (Phi) is 5.63. The van der Waals surface area contributed by atoms with Gasteiger partial charge in [-0.1, -0.05) is 48.2 Å². The lowest BCUT2D eigenvalue weighted by Gasteiger charge is -2.11. The van der Waals surface area contributed by atoms with Crippen LogP contribution in [0.3, 0.4) is 0 Å². The van der Waals surface area contributed by atoms with E-state index in [1.54, 1.807) is 18.2 Å². The third-order valence-corrected chi connectivity index (χ3v) is 6.48. The predicted octanol–water partition coefficient (Wildman–Crippen LogP) is 4.18. The molecule has 0 saturated heterocycles. The number of nitrogens with zero attached hydrogens (tertiary/aromatic N) is 3. The number of nitrogens with one attached hydrogen (secondary N) is 1. The number of thioether (sulfide) groups is 1. The minimum absolute atomic E-state index is 0.159. The zero-order valence-corrected chi connectivity index (χ0v) is 19.3. The summed E-state index contributed by atoms with van der Waals surface area (Å²) in [4.78, 5) is 12.7. The van der Waals surface area contributed by atoms with Crippen molar-refractivity contribution in [3.8, 4) is 34.4 Å². The summed E-state index contributed by atoms with van der Waals surface area (Å²) in [5.74, 6) is 3.47. The Hall–Kier alpha value is -4.18. The van der Waals surface area contributed by atoms with Gasteiger partial charge in [-0.3, -0.25) is 9.36 Å². The predicted molar refractivity (Wildman–Crippen MR) is 129 cm³/mol. The maximum Gasteiger partial charge on any atom is 0.234 e. The van der Waals surface area contributed by atoms with Gasteiger partial charge in [-0.2, -0.15) is 0 Å². The highest BCUT2D eigenvalue weighted by Crippen LogP contribution is 2.35. The molecular weight excluding hydrogens is 468 g/mol. The van der Waals surface area contributed by atoms with E-state index in [4.69, 9.17) is 18.9 Å². The van der Waals surface area contributed by atoms with Crippen molar-refractivity contribution in [1.82, 2.24) is 14.8 Å². The molecule has 1 N–H and O–H groups in total. The second kappa shape index (κ2) is 9.22. The van der Waals surface area contributed by atoms with E-state index in [1.165, 1.54) is 11.8 Å². The summed E-state index contributed by atoms with van der Waals surface area (Å²) in [5, 5.41) is 12.4. The molecule has 3 heterocycles. The number of benzene rings is 3. The van der Waals surface area contributed by atoms with Gasteiger partial charge in [0.25, 0.3) is 0 Å². The van der Waals surface area contributed by atoms with Gasteiger partial charge in [-0.25, -0.2) is 0 Å². The summed E-state index contributed by atoms with van der Waals surface area (Å²) >= 11 is 1.33. The molecule has 0 fully saturated rings. The van der Waals surface area contributed by atoms with Gasteiger partial charge in [-0.15, -0.1) is 10.2 Å². The Morgan fingerprint density at radius 2 is 1.57 bits per heavy atom. The van der Waals surface area contributed by atoms with Crippen LogP contribution in [0.2, 0.25) is 0 Å². The fourth-order valence-electron chi connectivity index (χ4n) is 3.86. The Labute approximate surface area is 205 Å². The maximum absolute atomic E-state index is 12.7. The van der Waals surface area contributed by atoms with E-state index in [-0.39, 0.29) is 25.2 Å². The number of fused-ring (bicyclic) bond motifs is 2. The summed E-state index contributed by atoms with van der Waals surface area (Å²) in [7, 11) is 0. The average Bonchev–Trinajstić information content (AvgIpc) is 3.63. The molecule has 0 saturated carbocycles. The molecule has 35 heavy (non-hydrogen) atoms. The van der Waals surface area contributed by atoms with Gasteiger partial charge in [0, 0.05) is 17.3 Å². The van der Waals surface area contributed by atoms with Crippen LogP contribution in [-0.4, -0.2) is 40.0 Å². The molecule has 1 amide bonds. The standard InChI is InChI=1S/C25H20N4O5S/c30-23(26-18-7-9-20-22(11-18)34-15-32-20)13-35-25-28-27-24(17-4-2-1-3-5-17)29(25)12-16-6-8-19-21(10-16)33-14-31-19/h1-11H,12-15H2,(H,26,30). The molecule has 6 rings (SSSR count). The van der Waals surface area contributed by atoms with Gasteiger partial charge in [0.15, 0.2) is 34.0 Å². The first kappa shape index (κ1) is 21.4. The van der Waals surface area contributed by atoms with Gasteiger partial charge >= 0.3 is 0 Å². The third-order valence-electron chi connectivity index (χ3n) is 5.52. The number of carbonyl (C=O) groups excluding carboxylic acids is 1. The third kappa shape index (κ3) is 4.47. The van der Waals surface area contributed by atoms with Crippen molar-refractivity contribution in [3.63, 3.8) is 0 Å². The van der Waals surface area contributed by atoms with Gasteiger partial charge in [0.05, 0.1) is 12.3 Å². The van der Waals surface area contributed by atoms with Gasteiger partial charge in [-0.05, 0) is 29.8 Å². The van der Waals surface area contributed by atoms with Crippen LogP contribution < -0.4 is 24.3 Å². The van der Waals surface area contributed by atoms with Crippen molar-refractivity contribution in [2.45, 2.75) is 11.7 Å². The molecule has 0 bridgehead atoms.